The van der Waals surface area contributed by atoms with Crippen molar-refractivity contribution in [2.45, 2.75) is 38.1 Å². The van der Waals surface area contributed by atoms with Crippen molar-refractivity contribution in [3.05, 3.63) is 45.3 Å². The average Bonchev–Trinajstić information content (AvgIpc) is 3.28. The Kier molecular flexibility index (Phi) is 6.90. The van der Waals surface area contributed by atoms with Crippen molar-refractivity contribution >= 4 is 55.3 Å². The number of halogens is 1. The summed E-state index contributed by atoms with van der Waals surface area (Å²) in [6.07, 6.45) is 4.32. The zero-order valence-corrected chi connectivity index (χ0v) is 20.2. The van der Waals surface area contributed by atoms with Gasteiger partial charge in [-0.15, -0.1) is 11.3 Å². The first-order valence-corrected chi connectivity index (χ1v) is 13.7. The lowest BCUT2D eigenvalue weighted by molar-refractivity contribution is -0.117. The number of benzene rings is 1. The normalized spacial score (nSPS) is 19.5. The maximum Gasteiger partial charge on any atom is 0.258 e. The fraction of sp³-hybridized carbons (Fsp3) is 0.455. The highest BCUT2D eigenvalue weighted by Crippen LogP contribution is 2.38. The molecule has 7 nitrogen and oxygen atoms in total. The van der Waals surface area contributed by atoms with Crippen LogP contribution in [0, 0.1) is 0 Å². The predicted molar refractivity (Wildman–Crippen MR) is 129 cm³/mol. The van der Waals surface area contributed by atoms with E-state index in [2.05, 4.69) is 10.6 Å². The van der Waals surface area contributed by atoms with Crippen LogP contribution in [0.15, 0.2) is 24.3 Å². The smallest absolute Gasteiger partial charge is 0.258 e. The van der Waals surface area contributed by atoms with E-state index in [1.807, 2.05) is 0 Å². The maximum absolute atomic E-state index is 13.2. The molecule has 1 aromatic heterocycles. The lowest BCUT2D eigenvalue weighted by Gasteiger charge is -2.22. The predicted octanol–water partition coefficient (Wildman–Crippen LogP) is 3.59. The van der Waals surface area contributed by atoms with Gasteiger partial charge >= 0.3 is 0 Å². The van der Waals surface area contributed by atoms with Gasteiger partial charge in [0.1, 0.15) is 5.00 Å². The molecule has 0 unspecified atom stereocenters. The highest BCUT2D eigenvalue weighted by atomic mass is 35.5. The lowest BCUT2D eigenvalue weighted by atomic mass is 9.95. The average molecular weight is 496 g/mol. The maximum atomic E-state index is 13.2. The molecule has 0 radical (unpaired) electrons. The van der Waals surface area contributed by atoms with Gasteiger partial charge in [-0.3, -0.25) is 14.5 Å². The van der Waals surface area contributed by atoms with E-state index in [-0.39, 0.29) is 35.9 Å². The Hall–Kier alpha value is -1.94. The number of fused-ring (bicyclic) bond motifs is 1. The number of anilines is 2. The van der Waals surface area contributed by atoms with Crippen LogP contribution in [-0.2, 0) is 27.5 Å². The molecule has 1 fully saturated rings. The molecule has 2 N–H and O–H groups in total. The van der Waals surface area contributed by atoms with Crippen LogP contribution in [0.2, 0.25) is 5.02 Å². The number of rotatable bonds is 6. The molecule has 4 rings (SSSR count). The van der Waals surface area contributed by atoms with Crippen molar-refractivity contribution in [1.29, 1.82) is 0 Å². The molecule has 1 aliphatic carbocycles. The Balaban J connectivity index is 1.50. The van der Waals surface area contributed by atoms with Crippen molar-refractivity contribution in [2.24, 2.45) is 0 Å². The molecule has 0 spiro atoms. The van der Waals surface area contributed by atoms with E-state index in [1.54, 1.807) is 36.2 Å². The number of sulfone groups is 1. The molecule has 172 valence electrons. The van der Waals surface area contributed by atoms with Crippen LogP contribution in [0.3, 0.4) is 0 Å². The van der Waals surface area contributed by atoms with Gasteiger partial charge in [-0.1, -0.05) is 11.6 Å². The van der Waals surface area contributed by atoms with E-state index in [0.717, 1.165) is 36.1 Å². The fourth-order valence-electron chi connectivity index (χ4n) is 4.27. The van der Waals surface area contributed by atoms with E-state index >= 15 is 0 Å². The fourth-order valence-corrected chi connectivity index (χ4v) is 7.50. The van der Waals surface area contributed by atoms with E-state index in [0.29, 0.717) is 27.7 Å². The number of likely N-dealkylation sites (N-methyl/N-ethyl adjacent to an activating group) is 1. The number of amides is 2. The van der Waals surface area contributed by atoms with Gasteiger partial charge in [-0.05, 0) is 69.0 Å². The number of nitrogens with zero attached hydrogens (tertiary/aromatic N) is 1. The number of carbonyl (C=O) groups is 2. The summed E-state index contributed by atoms with van der Waals surface area (Å²) >= 11 is 7.40. The van der Waals surface area contributed by atoms with Gasteiger partial charge in [0.25, 0.3) is 5.91 Å². The second-order valence-corrected chi connectivity index (χ2v) is 12.2. The van der Waals surface area contributed by atoms with Gasteiger partial charge < -0.3 is 10.6 Å². The molecule has 2 amide bonds. The van der Waals surface area contributed by atoms with Gasteiger partial charge in [0.2, 0.25) is 5.91 Å². The summed E-state index contributed by atoms with van der Waals surface area (Å²) in [7, 11) is -1.26. The van der Waals surface area contributed by atoms with Crippen LogP contribution in [0.25, 0.3) is 0 Å². The van der Waals surface area contributed by atoms with Crippen LogP contribution in [-0.4, -0.2) is 56.3 Å². The molecule has 2 heterocycles. The Labute approximate surface area is 197 Å². The minimum absolute atomic E-state index is 0.0704. The largest absolute Gasteiger partial charge is 0.322 e. The van der Waals surface area contributed by atoms with E-state index in [9.17, 15) is 18.0 Å². The Morgan fingerprint density at radius 3 is 2.56 bits per heavy atom. The Bertz CT molecular complexity index is 1130. The topological polar surface area (TPSA) is 95.6 Å². The quantitative estimate of drug-likeness (QED) is 0.638. The van der Waals surface area contributed by atoms with Gasteiger partial charge in [0.05, 0.1) is 23.6 Å². The van der Waals surface area contributed by atoms with Crippen molar-refractivity contribution in [1.82, 2.24) is 4.90 Å². The summed E-state index contributed by atoms with van der Waals surface area (Å²) in [5, 5.41) is 6.98. The first-order chi connectivity index (χ1) is 15.2. The third kappa shape index (κ3) is 5.33. The van der Waals surface area contributed by atoms with Crippen LogP contribution in [0.1, 0.15) is 40.1 Å². The number of carbonyl (C=O) groups excluding carboxylic acids is 2. The van der Waals surface area contributed by atoms with Crippen molar-refractivity contribution in [3.63, 3.8) is 0 Å². The molecule has 0 saturated carbocycles. The van der Waals surface area contributed by atoms with Crippen molar-refractivity contribution in [3.8, 4) is 0 Å². The third-order valence-electron chi connectivity index (χ3n) is 5.98. The molecule has 10 heteroatoms. The van der Waals surface area contributed by atoms with Crippen molar-refractivity contribution < 1.29 is 18.0 Å². The summed E-state index contributed by atoms with van der Waals surface area (Å²) in [6, 6.07) is 6.74. The Morgan fingerprint density at radius 2 is 1.88 bits per heavy atom. The summed E-state index contributed by atoms with van der Waals surface area (Å²) in [5.74, 6) is -0.261. The molecule has 32 heavy (non-hydrogen) atoms. The molecular formula is C22H26ClN3O4S2. The molecule has 1 aliphatic heterocycles. The van der Waals surface area contributed by atoms with Gasteiger partial charge in [0.15, 0.2) is 9.84 Å². The first kappa shape index (κ1) is 23.2. The second kappa shape index (κ2) is 9.51. The summed E-state index contributed by atoms with van der Waals surface area (Å²) in [5.41, 5.74) is 2.17. The van der Waals surface area contributed by atoms with E-state index in [4.69, 9.17) is 11.6 Å². The zero-order valence-electron chi connectivity index (χ0n) is 17.8. The highest BCUT2D eigenvalue weighted by molar-refractivity contribution is 7.91. The van der Waals surface area contributed by atoms with Gasteiger partial charge in [-0.25, -0.2) is 8.42 Å². The second-order valence-electron chi connectivity index (χ2n) is 8.40. The summed E-state index contributed by atoms with van der Waals surface area (Å²) < 4.78 is 23.5. The minimum Gasteiger partial charge on any atom is -0.322 e. The summed E-state index contributed by atoms with van der Waals surface area (Å²) in [6.45, 7) is 0.0704. The first-order valence-electron chi connectivity index (χ1n) is 10.6. The van der Waals surface area contributed by atoms with Gasteiger partial charge in [-0.2, -0.15) is 0 Å². The number of hydrogen-bond acceptors (Lipinski definition) is 6. The van der Waals surface area contributed by atoms with E-state index in [1.165, 1.54) is 11.3 Å². The highest BCUT2D eigenvalue weighted by Gasteiger charge is 2.32. The minimum atomic E-state index is -3.02. The SMILES string of the molecule is CN(CC(=O)Nc1sc2c(c1C(=O)Nc1ccc(Cl)cc1)CCCC2)[C@@H]1CCS(=O)(=O)C1. The molecule has 2 aliphatic rings. The molecule has 0 bridgehead atoms. The summed E-state index contributed by atoms with van der Waals surface area (Å²) in [4.78, 5) is 28.9. The van der Waals surface area contributed by atoms with Gasteiger partial charge in [0, 0.05) is 21.6 Å². The molecule has 1 atom stereocenters. The number of nitrogens with one attached hydrogen (secondary N) is 2. The molecule has 1 aromatic carbocycles. The number of thiophene rings is 1. The third-order valence-corrected chi connectivity index (χ3v) is 9.19. The standard InChI is InChI=1S/C22H26ClN3O4S2/c1-26(16-10-11-32(29,30)13-16)12-19(27)25-22-20(17-4-2-3-5-18(17)31-22)21(28)24-15-8-6-14(23)7-9-15/h6-9,16H,2-5,10-13H2,1H3,(H,24,28)(H,25,27)/t16-/m1/s1. The van der Waals surface area contributed by atoms with Crippen LogP contribution in [0.4, 0.5) is 10.7 Å². The monoisotopic (exact) mass is 495 g/mol. The number of aryl methyl sites for hydroxylation is 1. The number of hydrogen-bond donors (Lipinski definition) is 2. The van der Waals surface area contributed by atoms with Crippen LogP contribution in [0.5, 0.6) is 0 Å². The molecule has 2 aromatic rings. The van der Waals surface area contributed by atoms with E-state index < -0.39 is 9.84 Å². The molecular weight excluding hydrogens is 470 g/mol. The zero-order chi connectivity index (χ0) is 22.9. The Morgan fingerprint density at radius 1 is 1.16 bits per heavy atom. The van der Waals surface area contributed by atoms with Crippen molar-refractivity contribution in [2.75, 3.05) is 35.7 Å². The van der Waals surface area contributed by atoms with Crippen LogP contribution < -0.4 is 10.6 Å². The lowest BCUT2D eigenvalue weighted by Crippen LogP contribution is -2.38. The van der Waals surface area contributed by atoms with Crippen LogP contribution >= 0.6 is 22.9 Å². The molecule has 1 saturated heterocycles.